The van der Waals surface area contributed by atoms with E-state index in [9.17, 15) is 9.59 Å². The fraction of sp³-hybridized carbons (Fsp3) is 0.300. The molecule has 0 saturated carbocycles. The van der Waals surface area contributed by atoms with Gasteiger partial charge in [-0.25, -0.2) is 4.79 Å². The van der Waals surface area contributed by atoms with Crippen LogP contribution in [0.5, 0.6) is 0 Å². The number of nitrogens with zero attached hydrogens (tertiary/aromatic N) is 1. The van der Waals surface area contributed by atoms with Gasteiger partial charge in [0.15, 0.2) is 0 Å². The van der Waals surface area contributed by atoms with E-state index in [1.54, 1.807) is 0 Å². The number of aromatic nitrogens is 1. The third kappa shape index (κ3) is 3.66. The van der Waals surface area contributed by atoms with E-state index in [0.717, 1.165) is 0 Å². The van der Waals surface area contributed by atoms with Crippen LogP contribution in [0.4, 0.5) is 5.69 Å². The average molecular weight is 223 g/mol. The number of likely N-dealkylation sites (N-methyl/N-ethyl adjacent to an activating group) is 1. The molecule has 0 unspecified atom stereocenters. The standard InChI is InChI=1S/C10H13N3O3/c1-2-11-6-9(14)13-8-3-7(10(15)16)4-12-5-8/h3-5,11H,2,6H2,1H3,(H,13,14)(H,15,16). The first kappa shape index (κ1) is 12.1. The van der Waals surface area contributed by atoms with Crippen LogP contribution in [0.3, 0.4) is 0 Å². The monoisotopic (exact) mass is 223 g/mol. The summed E-state index contributed by atoms with van der Waals surface area (Å²) in [5, 5.41) is 14.1. The number of nitrogens with one attached hydrogen (secondary N) is 2. The molecule has 0 spiro atoms. The molecule has 1 rings (SSSR count). The topological polar surface area (TPSA) is 91.3 Å². The van der Waals surface area contributed by atoms with Gasteiger partial charge in [0.2, 0.25) is 5.91 Å². The van der Waals surface area contributed by atoms with Gasteiger partial charge in [0.05, 0.1) is 24.0 Å². The Kier molecular flexibility index (Phi) is 4.41. The van der Waals surface area contributed by atoms with E-state index in [1.807, 2.05) is 6.92 Å². The molecule has 3 N–H and O–H groups in total. The van der Waals surface area contributed by atoms with Gasteiger partial charge in [0.25, 0.3) is 0 Å². The van der Waals surface area contributed by atoms with Crippen molar-refractivity contribution >= 4 is 17.6 Å². The summed E-state index contributed by atoms with van der Waals surface area (Å²) in [4.78, 5) is 25.7. The second kappa shape index (κ2) is 5.82. The molecule has 6 heteroatoms. The quantitative estimate of drug-likeness (QED) is 0.669. The highest BCUT2D eigenvalue weighted by Crippen LogP contribution is 2.07. The van der Waals surface area contributed by atoms with Gasteiger partial charge >= 0.3 is 5.97 Å². The molecule has 0 aliphatic heterocycles. The van der Waals surface area contributed by atoms with Crippen molar-refractivity contribution in [3.05, 3.63) is 24.0 Å². The number of aromatic carboxylic acids is 1. The van der Waals surface area contributed by atoms with E-state index in [4.69, 9.17) is 5.11 Å². The summed E-state index contributed by atoms with van der Waals surface area (Å²) in [6.07, 6.45) is 2.62. The first-order valence-corrected chi connectivity index (χ1v) is 4.82. The van der Waals surface area contributed by atoms with Gasteiger partial charge < -0.3 is 15.7 Å². The number of carbonyl (C=O) groups excluding carboxylic acids is 1. The molecule has 0 aliphatic rings. The second-order valence-electron chi connectivity index (χ2n) is 3.10. The number of pyridine rings is 1. The smallest absolute Gasteiger partial charge is 0.337 e. The molecule has 6 nitrogen and oxygen atoms in total. The fourth-order valence-electron chi connectivity index (χ4n) is 1.07. The summed E-state index contributed by atoms with van der Waals surface area (Å²) in [6.45, 7) is 2.77. The minimum Gasteiger partial charge on any atom is -0.478 e. The molecule has 0 fully saturated rings. The average Bonchev–Trinajstić information content (AvgIpc) is 2.26. The Balaban J connectivity index is 2.63. The summed E-state index contributed by atoms with van der Waals surface area (Å²) < 4.78 is 0. The molecule has 0 aliphatic carbocycles. The predicted molar refractivity (Wildman–Crippen MR) is 58.4 cm³/mol. The minimum atomic E-state index is -1.07. The lowest BCUT2D eigenvalue weighted by Crippen LogP contribution is -2.27. The van der Waals surface area contributed by atoms with Crippen molar-refractivity contribution < 1.29 is 14.7 Å². The maximum Gasteiger partial charge on any atom is 0.337 e. The normalized spacial score (nSPS) is 9.81. The van der Waals surface area contributed by atoms with Crippen LogP contribution in [0.25, 0.3) is 0 Å². The van der Waals surface area contributed by atoms with Crippen molar-refractivity contribution in [3.8, 4) is 0 Å². The maximum atomic E-state index is 11.3. The van der Waals surface area contributed by atoms with Gasteiger partial charge in [0.1, 0.15) is 0 Å². The van der Waals surface area contributed by atoms with E-state index >= 15 is 0 Å². The number of hydrogen-bond acceptors (Lipinski definition) is 4. The molecule has 1 aromatic rings. The van der Waals surface area contributed by atoms with Gasteiger partial charge in [-0.1, -0.05) is 6.92 Å². The summed E-state index contributed by atoms with van der Waals surface area (Å²) in [7, 11) is 0. The molecule has 1 aromatic heterocycles. The Morgan fingerprint density at radius 1 is 1.44 bits per heavy atom. The lowest BCUT2D eigenvalue weighted by atomic mass is 10.2. The summed E-state index contributed by atoms with van der Waals surface area (Å²) >= 11 is 0. The Labute approximate surface area is 92.7 Å². The fourth-order valence-corrected chi connectivity index (χ4v) is 1.07. The first-order valence-electron chi connectivity index (χ1n) is 4.82. The summed E-state index contributed by atoms with van der Waals surface area (Å²) in [5.41, 5.74) is 0.420. The van der Waals surface area contributed by atoms with Crippen molar-refractivity contribution in [3.63, 3.8) is 0 Å². The summed E-state index contributed by atoms with van der Waals surface area (Å²) in [5.74, 6) is -1.30. The third-order valence-corrected chi connectivity index (χ3v) is 1.80. The van der Waals surface area contributed by atoms with Gasteiger partial charge in [-0.05, 0) is 12.6 Å². The Morgan fingerprint density at radius 2 is 2.19 bits per heavy atom. The Morgan fingerprint density at radius 3 is 2.81 bits per heavy atom. The molecule has 0 radical (unpaired) electrons. The van der Waals surface area contributed by atoms with Crippen molar-refractivity contribution in [2.75, 3.05) is 18.4 Å². The Hall–Kier alpha value is -1.95. The first-order chi connectivity index (χ1) is 7.63. The lowest BCUT2D eigenvalue weighted by molar-refractivity contribution is -0.115. The second-order valence-corrected chi connectivity index (χ2v) is 3.10. The van der Waals surface area contributed by atoms with Gasteiger partial charge in [0, 0.05) is 6.20 Å². The molecule has 0 aromatic carbocycles. The highest BCUT2D eigenvalue weighted by atomic mass is 16.4. The van der Waals surface area contributed by atoms with Crippen LogP contribution in [-0.4, -0.2) is 35.1 Å². The molecule has 0 saturated heterocycles. The molecule has 1 heterocycles. The molecular weight excluding hydrogens is 210 g/mol. The van der Waals surface area contributed by atoms with Crippen LogP contribution in [0, 0.1) is 0 Å². The van der Waals surface area contributed by atoms with Crippen LogP contribution in [0.2, 0.25) is 0 Å². The van der Waals surface area contributed by atoms with Gasteiger partial charge in [-0.15, -0.1) is 0 Å². The molecule has 86 valence electrons. The number of amides is 1. The molecule has 0 atom stereocenters. The number of carboxylic acid groups (broad SMARTS) is 1. The molecular formula is C10H13N3O3. The minimum absolute atomic E-state index is 0.0428. The highest BCUT2D eigenvalue weighted by Gasteiger charge is 2.06. The lowest BCUT2D eigenvalue weighted by Gasteiger charge is -2.05. The van der Waals surface area contributed by atoms with E-state index in [-0.39, 0.29) is 18.0 Å². The van der Waals surface area contributed by atoms with Crippen molar-refractivity contribution in [1.29, 1.82) is 0 Å². The van der Waals surface area contributed by atoms with Crippen LogP contribution in [0.15, 0.2) is 18.5 Å². The molecule has 0 bridgehead atoms. The predicted octanol–water partition coefficient (Wildman–Crippen LogP) is 0.328. The van der Waals surface area contributed by atoms with Crippen LogP contribution in [0.1, 0.15) is 17.3 Å². The number of anilines is 1. The van der Waals surface area contributed by atoms with Crippen molar-refractivity contribution in [2.45, 2.75) is 6.92 Å². The van der Waals surface area contributed by atoms with Crippen LogP contribution >= 0.6 is 0 Å². The largest absolute Gasteiger partial charge is 0.478 e. The SMILES string of the molecule is CCNCC(=O)Nc1cncc(C(=O)O)c1. The number of hydrogen-bond donors (Lipinski definition) is 3. The number of carbonyl (C=O) groups is 2. The van der Waals surface area contributed by atoms with Gasteiger partial charge in [-0.2, -0.15) is 0 Å². The zero-order chi connectivity index (χ0) is 12.0. The van der Waals surface area contributed by atoms with E-state index in [1.165, 1.54) is 18.5 Å². The Bertz CT molecular complexity index is 393. The van der Waals surface area contributed by atoms with E-state index in [0.29, 0.717) is 12.2 Å². The zero-order valence-electron chi connectivity index (χ0n) is 8.86. The highest BCUT2D eigenvalue weighted by molar-refractivity contribution is 5.94. The van der Waals surface area contributed by atoms with E-state index in [2.05, 4.69) is 15.6 Å². The number of rotatable bonds is 5. The van der Waals surface area contributed by atoms with Gasteiger partial charge in [-0.3, -0.25) is 9.78 Å². The zero-order valence-corrected chi connectivity index (χ0v) is 8.86. The van der Waals surface area contributed by atoms with Crippen molar-refractivity contribution in [1.82, 2.24) is 10.3 Å². The summed E-state index contributed by atoms with van der Waals surface area (Å²) in [6, 6.07) is 1.36. The third-order valence-electron chi connectivity index (χ3n) is 1.80. The van der Waals surface area contributed by atoms with E-state index < -0.39 is 5.97 Å². The van der Waals surface area contributed by atoms with Crippen molar-refractivity contribution in [2.24, 2.45) is 0 Å². The van der Waals surface area contributed by atoms with Crippen LogP contribution in [-0.2, 0) is 4.79 Å². The number of carboxylic acids is 1. The van der Waals surface area contributed by atoms with Crippen LogP contribution < -0.4 is 10.6 Å². The molecule has 1 amide bonds. The molecule has 16 heavy (non-hydrogen) atoms. The maximum absolute atomic E-state index is 11.3.